The van der Waals surface area contributed by atoms with Gasteiger partial charge in [-0.25, -0.2) is 17.9 Å². The molecule has 0 spiro atoms. The lowest BCUT2D eigenvalue weighted by atomic mass is 9.96. The van der Waals surface area contributed by atoms with Crippen molar-refractivity contribution in [3.63, 3.8) is 0 Å². The van der Waals surface area contributed by atoms with Crippen molar-refractivity contribution < 1.29 is 39.9 Å². The Labute approximate surface area is 237 Å². The van der Waals surface area contributed by atoms with E-state index in [0.29, 0.717) is 23.1 Å². The Morgan fingerprint density at radius 3 is 2.53 bits per heavy atom. The maximum atomic E-state index is 15.2. The van der Waals surface area contributed by atoms with Gasteiger partial charge in [0.25, 0.3) is 11.8 Å². The number of fused-ring (bicyclic) bond motifs is 1. The number of nitrogens with two attached hydrogens (primary N) is 1. The van der Waals surface area contributed by atoms with E-state index >= 15 is 17.6 Å². The van der Waals surface area contributed by atoms with Gasteiger partial charge in [0.1, 0.15) is 11.2 Å². The minimum atomic E-state index is -4.70. The molecule has 0 saturated heterocycles. The summed E-state index contributed by atoms with van der Waals surface area (Å²) in [7, 11) is 0. The molecule has 4 aromatic rings. The predicted molar refractivity (Wildman–Crippen MR) is 132 cm³/mol. The average molecular weight is 608 g/mol. The molecule has 224 valence electrons. The van der Waals surface area contributed by atoms with Gasteiger partial charge in [-0.15, -0.1) is 10.2 Å². The third-order valence-corrected chi connectivity index (χ3v) is 6.68. The van der Waals surface area contributed by atoms with E-state index in [2.05, 4.69) is 20.3 Å². The molecule has 0 saturated carbocycles. The van der Waals surface area contributed by atoms with Crippen molar-refractivity contribution in [1.82, 2.24) is 25.0 Å². The molecule has 1 aliphatic heterocycles. The minimum Gasteiger partial charge on any atom is -0.419 e. The summed E-state index contributed by atoms with van der Waals surface area (Å²) in [5, 5.41) is 20.3. The van der Waals surface area contributed by atoms with Crippen LogP contribution in [-0.4, -0.2) is 36.9 Å². The molecular weight excluding hydrogens is 589 g/mol. The van der Waals surface area contributed by atoms with Crippen LogP contribution in [0.15, 0.2) is 41.1 Å². The zero-order valence-electron chi connectivity index (χ0n) is 22.1. The molecule has 1 amide bonds. The Bertz CT molecular complexity index is 1770. The van der Waals surface area contributed by atoms with Crippen LogP contribution in [0.25, 0.3) is 17.3 Å². The van der Waals surface area contributed by atoms with Gasteiger partial charge in [-0.1, -0.05) is 0 Å². The largest absolute Gasteiger partial charge is 0.419 e. The second-order valence-corrected chi connectivity index (χ2v) is 10.2. The number of pyridine rings is 1. The van der Waals surface area contributed by atoms with Crippen LogP contribution < -0.4 is 10.6 Å². The molecule has 0 bridgehead atoms. The number of benzene rings is 1. The zero-order valence-corrected chi connectivity index (χ0v) is 22.1. The number of halogens is 7. The zero-order chi connectivity index (χ0) is 31.5. The van der Waals surface area contributed by atoms with Crippen LogP contribution in [0, 0.1) is 23.1 Å². The fraction of sp³-hybridized carbons (Fsp3) is 0.308. The Hall–Kier alpha value is -4.85. The molecule has 17 heteroatoms. The van der Waals surface area contributed by atoms with Crippen LogP contribution in [0.4, 0.5) is 36.4 Å². The van der Waals surface area contributed by atoms with Crippen LogP contribution in [0.1, 0.15) is 42.8 Å². The molecule has 2 N–H and O–H groups in total. The molecular formula is C26H19F7N8O2. The van der Waals surface area contributed by atoms with Crippen LogP contribution in [-0.2, 0) is 28.9 Å². The lowest BCUT2D eigenvalue weighted by Gasteiger charge is -2.25. The van der Waals surface area contributed by atoms with Crippen LogP contribution in [0.3, 0.4) is 0 Å². The Morgan fingerprint density at radius 2 is 1.91 bits per heavy atom. The second-order valence-electron chi connectivity index (χ2n) is 10.2. The van der Waals surface area contributed by atoms with Gasteiger partial charge in [0.15, 0.2) is 5.82 Å². The van der Waals surface area contributed by atoms with Crippen molar-refractivity contribution in [2.45, 2.75) is 50.4 Å². The van der Waals surface area contributed by atoms with Gasteiger partial charge in [0.2, 0.25) is 17.7 Å². The quantitative estimate of drug-likeness (QED) is 0.253. The number of nitrogens with zero attached hydrogens (tertiary/aromatic N) is 7. The molecule has 4 heterocycles. The first-order valence-corrected chi connectivity index (χ1v) is 12.3. The summed E-state index contributed by atoms with van der Waals surface area (Å²) in [6, 6.07) is 3.67. The van der Waals surface area contributed by atoms with Crippen molar-refractivity contribution >= 4 is 11.6 Å². The topological polar surface area (TPSA) is 140 Å². The molecule has 0 radical (unpaired) electrons. The van der Waals surface area contributed by atoms with Gasteiger partial charge in [0.05, 0.1) is 41.7 Å². The first-order valence-electron chi connectivity index (χ1n) is 12.3. The summed E-state index contributed by atoms with van der Waals surface area (Å²) in [6.45, 7) is 2.19. The van der Waals surface area contributed by atoms with Crippen molar-refractivity contribution in [3.8, 4) is 23.3 Å². The number of aromatic nitrogens is 5. The van der Waals surface area contributed by atoms with Gasteiger partial charge in [-0.2, -0.15) is 32.9 Å². The molecule has 10 nitrogen and oxygen atoms in total. The van der Waals surface area contributed by atoms with Crippen molar-refractivity contribution in [3.05, 3.63) is 71.0 Å². The molecule has 5 rings (SSSR count). The monoisotopic (exact) mass is 608 g/mol. The highest BCUT2D eigenvalue weighted by molar-refractivity contribution is 5.99. The van der Waals surface area contributed by atoms with E-state index < -0.39 is 82.5 Å². The minimum absolute atomic E-state index is 0.188. The number of carbonyl (C=O) groups excluding carboxylic acids is 1. The highest BCUT2D eigenvalue weighted by Crippen LogP contribution is 2.45. The molecule has 1 aromatic carbocycles. The van der Waals surface area contributed by atoms with Crippen molar-refractivity contribution in [2.24, 2.45) is 5.73 Å². The predicted octanol–water partition coefficient (Wildman–Crippen LogP) is 4.77. The van der Waals surface area contributed by atoms with E-state index in [0.717, 1.165) is 23.1 Å². The summed E-state index contributed by atoms with van der Waals surface area (Å²) < 4.78 is 106. The van der Waals surface area contributed by atoms with E-state index in [-0.39, 0.29) is 17.3 Å². The average Bonchev–Trinajstić information content (AvgIpc) is 3.62. The summed E-state index contributed by atoms with van der Waals surface area (Å²) in [6.07, 6.45) is -4.78. The summed E-state index contributed by atoms with van der Waals surface area (Å²) in [5.41, 5.74) is 1.11. The molecule has 1 atom stereocenters. The van der Waals surface area contributed by atoms with Gasteiger partial charge < -0.3 is 15.1 Å². The summed E-state index contributed by atoms with van der Waals surface area (Å²) >= 11 is 0. The standard InChI is InChI=1S/C26H19F7N8O2/c1-24(2,11-34)23-39-38-21(43-23)14-5-18-15(6-16(14)27)25(29,30)7-17(35)22(42)40(18)9-12-3-4-19(37-20(12)28)41-10-13(8-36-41)26(31,32)33/h3-6,8,10,17H,7,9,35H2,1-2H3/t17-/m0/s1. The normalized spacial score (nSPS) is 17.0. The van der Waals surface area contributed by atoms with Crippen LogP contribution in [0.5, 0.6) is 0 Å². The van der Waals surface area contributed by atoms with Crippen molar-refractivity contribution in [1.29, 1.82) is 5.26 Å². The van der Waals surface area contributed by atoms with Gasteiger partial charge in [-0.3, -0.25) is 4.79 Å². The second kappa shape index (κ2) is 10.2. The number of nitriles is 1. The first-order chi connectivity index (χ1) is 20.0. The van der Waals surface area contributed by atoms with Gasteiger partial charge in [-0.05, 0) is 38.1 Å². The Kier molecular flexibility index (Phi) is 7.00. The smallest absolute Gasteiger partial charge is 0.419 e. The number of carbonyl (C=O) groups is 1. The maximum Gasteiger partial charge on any atom is 0.419 e. The number of anilines is 1. The fourth-order valence-electron chi connectivity index (χ4n) is 4.29. The van der Waals surface area contributed by atoms with Gasteiger partial charge in [0, 0.05) is 23.7 Å². The van der Waals surface area contributed by atoms with Gasteiger partial charge >= 0.3 is 6.18 Å². The molecule has 0 aliphatic carbocycles. The van der Waals surface area contributed by atoms with E-state index in [1.807, 2.05) is 6.07 Å². The Morgan fingerprint density at radius 1 is 1.19 bits per heavy atom. The fourth-order valence-corrected chi connectivity index (χ4v) is 4.29. The highest BCUT2D eigenvalue weighted by Gasteiger charge is 2.45. The number of amides is 1. The molecule has 3 aromatic heterocycles. The molecule has 0 unspecified atom stereocenters. The lowest BCUT2D eigenvalue weighted by molar-refractivity contribution is -0.137. The summed E-state index contributed by atoms with van der Waals surface area (Å²) in [4.78, 5) is 17.5. The molecule has 1 aliphatic rings. The summed E-state index contributed by atoms with van der Waals surface area (Å²) in [5.74, 6) is -8.30. The Balaban J connectivity index is 1.57. The number of alkyl halides is 5. The van der Waals surface area contributed by atoms with E-state index in [1.54, 1.807) is 0 Å². The lowest BCUT2D eigenvalue weighted by Crippen LogP contribution is -2.43. The molecule has 43 heavy (non-hydrogen) atoms. The third kappa shape index (κ3) is 5.41. The molecule has 0 fully saturated rings. The van der Waals surface area contributed by atoms with Crippen LogP contribution >= 0.6 is 0 Å². The van der Waals surface area contributed by atoms with E-state index in [4.69, 9.17) is 10.2 Å². The third-order valence-electron chi connectivity index (χ3n) is 6.68. The van der Waals surface area contributed by atoms with E-state index in [9.17, 15) is 23.2 Å². The maximum absolute atomic E-state index is 15.2. The van der Waals surface area contributed by atoms with Crippen molar-refractivity contribution in [2.75, 3.05) is 4.90 Å². The SMILES string of the molecule is CC(C)(C#N)c1nnc(-c2cc3c(cc2F)C(F)(F)C[C@H](N)C(=O)N3Cc2ccc(-n3cc(C(F)(F)F)cn3)nc2F)o1. The highest BCUT2D eigenvalue weighted by atomic mass is 19.4. The number of hydrogen-bond acceptors (Lipinski definition) is 8. The van der Waals surface area contributed by atoms with Crippen LogP contribution in [0.2, 0.25) is 0 Å². The first kappa shape index (κ1) is 29.6. The number of rotatable bonds is 5. The van der Waals surface area contributed by atoms with E-state index in [1.165, 1.54) is 13.8 Å². The number of hydrogen-bond donors (Lipinski definition) is 1.